The van der Waals surface area contributed by atoms with Crippen molar-refractivity contribution in [2.45, 2.75) is 411 Å². The predicted octanol–water partition coefficient (Wildman–Crippen LogP) is 23.5. The van der Waals surface area contributed by atoms with Crippen LogP contribution in [0.2, 0.25) is 0 Å². The van der Waals surface area contributed by atoms with E-state index < -0.39 is 12.1 Å². The summed E-state index contributed by atoms with van der Waals surface area (Å²) in [6.07, 6.45) is 89.6. The van der Waals surface area contributed by atoms with E-state index in [4.69, 9.17) is 4.74 Å². The molecule has 472 valence electrons. The van der Waals surface area contributed by atoms with E-state index >= 15 is 0 Å². The van der Waals surface area contributed by atoms with Crippen molar-refractivity contribution in [3.63, 3.8) is 0 Å². The standard InChI is InChI=1S/C74H141NO5/c1-3-5-7-9-11-13-15-16-17-18-34-38-41-44-48-52-56-60-64-68-74(79)80-69-65-61-57-53-49-45-42-39-36-33-31-29-27-25-23-21-19-20-22-24-26-28-30-32-35-37-40-43-47-51-55-59-63-67-73(78)75-71(70-76)72(77)66-62-58-54-50-46-14-12-10-8-6-4-2/h16-17,23,25,62,66,71-72,76-77H,3-15,18-22,24,26-61,63-65,67-70H2,1-2H3,(H,75,78)/b17-16-,25-23-,66-62+. The Morgan fingerprint density at radius 2 is 0.588 bits per heavy atom. The maximum absolute atomic E-state index is 12.4. The van der Waals surface area contributed by atoms with E-state index in [-0.39, 0.29) is 18.5 Å². The number of esters is 1. The molecular formula is C74H141NO5. The first kappa shape index (κ1) is 78.1. The summed E-state index contributed by atoms with van der Waals surface area (Å²) in [5, 5.41) is 23.1. The zero-order chi connectivity index (χ0) is 57.8. The lowest BCUT2D eigenvalue weighted by atomic mass is 10.0. The molecule has 6 heteroatoms. The number of unbranched alkanes of at least 4 members (excludes halogenated alkanes) is 53. The maximum Gasteiger partial charge on any atom is 0.305 e. The van der Waals surface area contributed by atoms with Crippen molar-refractivity contribution >= 4 is 11.9 Å². The Bertz CT molecular complexity index is 1300. The van der Waals surface area contributed by atoms with Gasteiger partial charge in [-0.3, -0.25) is 9.59 Å². The molecule has 6 nitrogen and oxygen atoms in total. The number of nitrogens with one attached hydrogen (secondary N) is 1. The molecule has 2 unspecified atom stereocenters. The number of hydrogen-bond acceptors (Lipinski definition) is 5. The van der Waals surface area contributed by atoms with Gasteiger partial charge in [0.1, 0.15) is 0 Å². The van der Waals surface area contributed by atoms with Crippen molar-refractivity contribution in [2.24, 2.45) is 0 Å². The predicted molar refractivity (Wildman–Crippen MR) is 352 cm³/mol. The van der Waals surface area contributed by atoms with Crippen LogP contribution in [-0.2, 0) is 14.3 Å². The second-order valence-electron chi connectivity index (χ2n) is 24.9. The van der Waals surface area contributed by atoms with Crippen molar-refractivity contribution in [3.8, 4) is 0 Å². The number of amides is 1. The highest BCUT2D eigenvalue weighted by molar-refractivity contribution is 5.76. The lowest BCUT2D eigenvalue weighted by molar-refractivity contribution is -0.143. The van der Waals surface area contributed by atoms with Crippen LogP contribution in [0.1, 0.15) is 399 Å². The molecule has 2 atom stereocenters. The van der Waals surface area contributed by atoms with E-state index in [1.54, 1.807) is 6.08 Å². The number of aliphatic hydroxyl groups is 2. The molecule has 1 amide bonds. The molecule has 0 heterocycles. The van der Waals surface area contributed by atoms with Gasteiger partial charge in [-0.05, 0) is 83.5 Å². The van der Waals surface area contributed by atoms with E-state index in [0.717, 1.165) is 38.5 Å². The van der Waals surface area contributed by atoms with Gasteiger partial charge in [-0.1, -0.05) is 339 Å². The van der Waals surface area contributed by atoms with Gasteiger partial charge in [-0.2, -0.15) is 0 Å². The summed E-state index contributed by atoms with van der Waals surface area (Å²) >= 11 is 0. The van der Waals surface area contributed by atoms with Crippen LogP contribution in [0.3, 0.4) is 0 Å². The van der Waals surface area contributed by atoms with Gasteiger partial charge in [-0.25, -0.2) is 0 Å². The monoisotopic (exact) mass is 1120 g/mol. The molecular weight excluding hydrogens is 983 g/mol. The average Bonchev–Trinajstić information content (AvgIpc) is 3.46. The van der Waals surface area contributed by atoms with Gasteiger partial charge in [-0.15, -0.1) is 0 Å². The molecule has 3 N–H and O–H groups in total. The Morgan fingerprint density at radius 3 is 0.887 bits per heavy atom. The SMILES string of the molecule is CCCCCCCC/C=C\CCCCCCCCCCCC(=O)OCCCCCCCCCCCCCC/C=C\CCCCCCCCCCCCCCCCCCCC(=O)NC(CO)C(O)/C=C/CCCCCCCCCCC. The van der Waals surface area contributed by atoms with Crippen LogP contribution in [0.25, 0.3) is 0 Å². The van der Waals surface area contributed by atoms with E-state index in [0.29, 0.717) is 19.4 Å². The number of carbonyl (C=O) groups excluding carboxylic acids is 2. The summed E-state index contributed by atoms with van der Waals surface area (Å²) in [5.41, 5.74) is 0. The molecule has 0 bridgehead atoms. The fourth-order valence-corrected chi connectivity index (χ4v) is 11.3. The number of hydrogen-bond donors (Lipinski definition) is 3. The van der Waals surface area contributed by atoms with E-state index in [1.807, 2.05) is 6.08 Å². The topological polar surface area (TPSA) is 95.9 Å². The van der Waals surface area contributed by atoms with Crippen molar-refractivity contribution < 1.29 is 24.5 Å². The van der Waals surface area contributed by atoms with Crippen LogP contribution in [0.4, 0.5) is 0 Å². The van der Waals surface area contributed by atoms with E-state index in [9.17, 15) is 19.8 Å². The van der Waals surface area contributed by atoms with Crippen LogP contribution in [0, 0.1) is 0 Å². The van der Waals surface area contributed by atoms with Crippen LogP contribution >= 0.6 is 0 Å². The molecule has 80 heavy (non-hydrogen) atoms. The summed E-state index contributed by atoms with van der Waals surface area (Å²) in [7, 11) is 0. The smallest absolute Gasteiger partial charge is 0.305 e. The molecule has 0 aromatic carbocycles. The van der Waals surface area contributed by atoms with Crippen molar-refractivity contribution in [2.75, 3.05) is 13.2 Å². The van der Waals surface area contributed by atoms with Gasteiger partial charge in [0, 0.05) is 12.8 Å². The number of aliphatic hydroxyl groups excluding tert-OH is 2. The summed E-state index contributed by atoms with van der Waals surface area (Å²) in [5.74, 6) is -0.0463. The van der Waals surface area contributed by atoms with Gasteiger partial charge in [0.05, 0.1) is 25.4 Å². The number of allylic oxidation sites excluding steroid dienone is 5. The zero-order valence-corrected chi connectivity index (χ0v) is 54.1. The highest BCUT2D eigenvalue weighted by atomic mass is 16.5. The molecule has 0 radical (unpaired) electrons. The third-order valence-corrected chi connectivity index (χ3v) is 16.9. The third-order valence-electron chi connectivity index (χ3n) is 16.9. The second-order valence-corrected chi connectivity index (χ2v) is 24.9. The van der Waals surface area contributed by atoms with Crippen molar-refractivity contribution in [1.82, 2.24) is 5.32 Å². The normalized spacial score (nSPS) is 12.7. The first-order chi connectivity index (χ1) is 39.5. The van der Waals surface area contributed by atoms with Gasteiger partial charge in [0.2, 0.25) is 5.91 Å². The Kier molecular flexibility index (Phi) is 67.9. The Hall–Kier alpha value is -1.92. The first-order valence-corrected chi connectivity index (χ1v) is 36.3. The molecule has 0 rings (SSSR count). The third kappa shape index (κ3) is 65.2. The lowest BCUT2D eigenvalue weighted by Gasteiger charge is -2.20. The number of carbonyl (C=O) groups is 2. The zero-order valence-electron chi connectivity index (χ0n) is 54.1. The number of ether oxygens (including phenoxy) is 1. The Labute approximate surface area is 500 Å². The minimum Gasteiger partial charge on any atom is -0.466 e. The van der Waals surface area contributed by atoms with Gasteiger partial charge >= 0.3 is 5.97 Å². The molecule has 0 aliphatic heterocycles. The Morgan fingerprint density at radius 1 is 0.338 bits per heavy atom. The molecule has 0 aliphatic rings. The second kappa shape index (κ2) is 69.6. The summed E-state index contributed by atoms with van der Waals surface area (Å²) in [4.78, 5) is 24.6. The molecule has 0 aromatic rings. The van der Waals surface area contributed by atoms with Crippen LogP contribution in [0.15, 0.2) is 36.5 Å². The number of rotatable bonds is 68. The van der Waals surface area contributed by atoms with Crippen molar-refractivity contribution in [3.05, 3.63) is 36.5 Å². The summed E-state index contributed by atoms with van der Waals surface area (Å²) < 4.78 is 5.51. The molecule has 0 aromatic heterocycles. The van der Waals surface area contributed by atoms with Crippen molar-refractivity contribution in [1.29, 1.82) is 0 Å². The van der Waals surface area contributed by atoms with E-state index in [1.165, 1.54) is 334 Å². The quantitative estimate of drug-likeness (QED) is 0.0320. The fourth-order valence-electron chi connectivity index (χ4n) is 11.3. The molecule has 0 fully saturated rings. The van der Waals surface area contributed by atoms with Crippen LogP contribution < -0.4 is 5.32 Å². The average molecular weight is 1120 g/mol. The molecule has 0 spiro atoms. The van der Waals surface area contributed by atoms with Gasteiger partial charge < -0.3 is 20.3 Å². The minimum atomic E-state index is -0.841. The largest absolute Gasteiger partial charge is 0.466 e. The van der Waals surface area contributed by atoms with Gasteiger partial charge in [0.25, 0.3) is 0 Å². The molecule has 0 aliphatic carbocycles. The van der Waals surface area contributed by atoms with Crippen LogP contribution in [0.5, 0.6) is 0 Å². The molecule has 0 saturated carbocycles. The minimum absolute atomic E-state index is 0.0184. The van der Waals surface area contributed by atoms with Gasteiger partial charge in [0.15, 0.2) is 0 Å². The molecule has 0 saturated heterocycles. The summed E-state index contributed by atoms with van der Waals surface area (Å²) in [6.45, 7) is 4.91. The highest BCUT2D eigenvalue weighted by Crippen LogP contribution is 2.18. The van der Waals surface area contributed by atoms with Crippen LogP contribution in [-0.4, -0.2) is 47.4 Å². The fraction of sp³-hybridized carbons (Fsp3) is 0.892. The Balaban J connectivity index is 3.33. The summed E-state index contributed by atoms with van der Waals surface area (Å²) in [6, 6.07) is -0.624. The van der Waals surface area contributed by atoms with E-state index in [2.05, 4.69) is 43.5 Å². The lowest BCUT2D eigenvalue weighted by Crippen LogP contribution is -2.45. The maximum atomic E-state index is 12.4. The first-order valence-electron chi connectivity index (χ1n) is 36.3. The highest BCUT2D eigenvalue weighted by Gasteiger charge is 2.18.